The van der Waals surface area contributed by atoms with Crippen LogP contribution in [0.2, 0.25) is 0 Å². The molecular formula is C21H18N6O3. The topological polar surface area (TPSA) is 104 Å². The summed E-state index contributed by atoms with van der Waals surface area (Å²) in [6, 6.07) is 15.1. The molecule has 1 aromatic carbocycles. The van der Waals surface area contributed by atoms with E-state index in [0.29, 0.717) is 11.5 Å². The first kappa shape index (κ1) is 18.2. The summed E-state index contributed by atoms with van der Waals surface area (Å²) in [7, 11) is 0. The molecule has 9 heteroatoms. The number of nitrogens with zero attached hydrogens (tertiary/aromatic N) is 5. The molecule has 2 atom stereocenters. The second-order valence-electron chi connectivity index (χ2n) is 7.00. The van der Waals surface area contributed by atoms with Gasteiger partial charge in [-0.2, -0.15) is 5.10 Å². The number of ether oxygens (including phenoxy) is 1. The van der Waals surface area contributed by atoms with Crippen LogP contribution in [0.25, 0.3) is 16.7 Å². The Morgan fingerprint density at radius 1 is 1.07 bits per heavy atom. The molecule has 4 aromatic rings. The Labute approximate surface area is 170 Å². The molecule has 150 valence electrons. The molecular weight excluding hydrogens is 384 g/mol. The quantitative estimate of drug-likeness (QED) is 0.553. The summed E-state index contributed by atoms with van der Waals surface area (Å²) in [6.45, 7) is 0.551. The molecule has 0 bridgehead atoms. The minimum atomic E-state index is -0.433. The third-order valence-electron chi connectivity index (χ3n) is 5.06. The average molecular weight is 402 g/mol. The SMILES string of the molecule is O=C(NC1COCC1n1nc(-n2cccn2)ccc1=O)c1ccc2ccccc2n1. The third-order valence-corrected chi connectivity index (χ3v) is 5.06. The molecule has 1 aliphatic heterocycles. The van der Waals surface area contributed by atoms with Gasteiger partial charge < -0.3 is 10.1 Å². The molecule has 0 aliphatic carbocycles. The number of hydrogen-bond acceptors (Lipinski definition) is 6. The zero-order valence-electron chi connectivity index (χ0n) is 15.9. The van der Waals surface area contributed by atoms with Crippen molar-refractivity contribution in [2.75, 3.05) is 13.2 Å². The second-order valence-corrected chi connectivity index (χ2v) is 7.00. The number of carbonyl (C=O) groups is 1. The standard InChI is InChI=1S/C21H18N6O3/c28-20-9-8-19(26-11-3-10-22-26)25-27(20)18-13-30-12-17(18)24-21(29)16-7-6-14-4-1-2-5-15(14)23-16/h1-11,17-18H,12-13H2,(H,24,29). The van der Waals surface area contributed by atoms with Crippen molar-refractivity contribution >= 4 is 16.8 Å². The van der Waals surface area contributed by atoms with Crippen LogP contribution < -0.4 is 10.9 Å². The number of nitrogens with one attached hydrogen (secondary N) is 1. The predicted octanol–water partition coefficient (Wildman–Crippen LogP) is 1.35. The van der Waals surface area contributed by atoms with Gasteiger partial charge in [-0.1, -0.05) is 24.3 Å². The lowest BCUT2D eigenvalue weighted by atomic mass is 10.1. The average Bonchev–Trinajstić information content (AvgIpc) is 3.46. The van der Waals surface area contributed by atoms with E-state index in [2.05, 4.69) is 20.5 Å². The Morgan fingerprint density at radius 2 is 1.97 bits per heavy atom. The van der Waals surface area contributed by atoms with E-state index in [0.717, 1.165) is 10.9 Å². The largest absolute Gasteiger partial charge is 0.377 e. The number of hydrogen-bond donors (Lipinski definition) is 1. The Hall–Kier alpha value is -3.85. The zero-order chi connectivity index (χ0) is 20.5. The minimum Gasteiger partial charge on any atom is -0.377 e. The number of pyridine rings is 1. The molecule has 9 nitrogen and oxygen atoms in total. The van der Waals surface area contributed by atoms with Gasteiger partial charge in [-0.3, -0.25) is 9.59 Å². The van der Waals surface area contributed by atoms with Crippen molar-refractivity contribution in [1.29, 1.82) is 0 Å². The Morgan fingerprint density at radius 3 is 2.83 bits per heavy atom. The van der Waals surface area contributed by atoms with Gasteiger partial charge in [0.15, 0.2) is 5.82 Å². The third kappa shape index (κ3) is 3.35. The fraction of sp³-hybridized carbons (Fsp3) is 0.190. The molecule has 5 rings (SSSR count). The number of benzene rings is 1. The van der Waals surface area contributed by atoms with E-state index in [9.17, 15) is 9.59 Å². The maximum absolute atomic E-state index is 12.8. The van der Waals surface area contributed by atoms with Crippen LogP contribution >= 0.6 is 0 Å². The van der Waals surface area contributed by atoms with Crippen LogP contribution in [0.3, 0.4) is 0 Å². The van der Waals surface area contributed by atoms with Crippen molar-refractivity contribution in [2.45, 2.75) is 12.1 Å². The van der Waals surface area contributed by atoms with E-state index >= 15 is 0 Å². The number of rotatable bonds is 4. The molecule has 0 saturated carbocycles. The summed E-state index contributed by atoms with van der Waals surface area (Å²) in [5, 5.41) is 12.5. The van der Waals surface area contributed by atoms with Gasteiger partial charge in [0.1, 0.15) is 11.7 Å². The van der Waals surface area contributed by atoms with Crippen LogP contribution in [-0.2, 0) is 4.74 Å². The van der Waals surface area contributed by atoms with Crippen molar-refractivity contribution in [3.63, 3.8) is 0 Å². The van der Waals surface area contributed by atoms with Crippen molar-refractivity contribution in [3.8, 4) is 5.82 Å². The summed E-state index contributed by atoms with van der Waals surface area (Å²) in [5.74, 6) is 0.185. The molecule has 1 amide bonds. The first-order chi connectivity index (χ1) is 14.7. The highest BCUT2D eigenvalue weighted by atomic mass is 16.5. The Bertz CT molecular complexity index is 1270. The number of amides is 1. The summed E-state index contributed by atoms with van der Waals surface area (Å²) in [5.41, 5.74) is 0.781. The first-order valence-electron chi connectivity index (χ1n) is 9.53. The van der Waals surface area contributed by atoms with Gasteiger partial charge in [0.25, 0.3) is 11.5 Å². The molecule has 1 N–H and O–H groups in total. The number of aromatic nitrogens is 5. The van der Waals surface area contributed by atoms with Crippen LogP contribution in [0, 0.1) is 0 Å². The number of fused-ring (bicyclic) bond motifs is 1. The molecule has 1 aliphatic rings. The molecule has 0 radical (unpaired) electrons. The summed E-state index contributed by atoms with van der Waals surface area (Å²) in [4.78, 5) is 29.7. The maximum Gasteiger partial charge on any atom is 0.270 e. The zero-order valence-corrected chi connectivity index (χ0v) is 15.9. The van der Waals surface area contributed by atoms with Gasteiger partial charge >= 0.3 is 0 Å². The van der Waals surface area contributed by atoms with Crippen molar-refractivity contribution in [2.24, 2.45) is 0 Å². The molecule has 1 fully saturated rings. The highest BCUT2D eigenvalue weighted by Crippen LogP contribution is 2.19. The summed E-state index contributed by atoms with van der Waals surface area (Å²) >= 11 is 0. The molecule has 1 saturated heterocycles. The lowest BCUT2D eigenvalue weighted by molar-refractivity contribution is 0.0920. The van der Waals surface area contributed by atoms with Crippen LogP contribution in [0.5, 0.6) is 0 Å². The molecule has 4 heterocycles. The highest BCUT2D eigenvalue weighted by Gasteiger charge is 2.33. The monoisotopic (exact) mass is 402 g/mol. The normalized spacial score (nSPS) is 18.5. The van der Waals surface area contributed by atoms with E-state index in [1.807, 2.05) is 30.3 Å². The van der Waals surface area contributed by atoms with Gasteiger partial charge in [0.05, 0.1) is 24.8 Å². The second kappa shape index (κ2) is 7.53. The van der Waals surface area contributed by atoms with E-state index in [1.54, 1.807) is 35.3 Å². The smallest absolute Gasteiger partial charge is 0.270 e. The minimum absolute atomic E-state index is 0.269. The van der Waals surface area contributed by atoms with Crippen molar-refractivity contribution in [3.05, 3.63) is 83.0 Å². The highest BCUT2D eigenvalue weighted by molar-refractivity contribution is 5.95. The van der Waals surface area contributed by atoms with Crippen molar-refractivity contribution in [1.82, 2.24) is 29.9 Å². The fourth-order valence-corrected chi connectivity index (χ4v) is 3.54. The van der Waals surface area contributed by atoms with Crippen molar-refractivity contribution < 1.29 is 9.53 Å². The number of carbonyl (C=O) groups excluding carboxylic acids is 1. The van der Waals surface area contributed by atoms with Crippen LogP contribution in [0.1, 0.15) is 16.5 Å². The van der Waals surface area contributed by atoms with E-state index in [4.69, 9.17) is 4.74 Å². The lowest BCUT2D eigenvalue weighted by Crippen LogP contribution is -2.44. The summed E-state index contributed by atoms with van der Waals surface area (Å²) in [6.07, 6.45) is 3.38. The molecule has 30 heavy (non-hydrogen) atoms. The Kier molecular flexibility index (Phi) is 4.56. The first-order valence-corrected chi connectivity index (χ1v) is 9.53. The predicted molar refractivity (Wildman–Crippen MR) is 108 cm³/mol. The Balaban J connectivity index is 1.40. The molecule has 0 spiro atoms. The van der Waals surface area contributed by atoms with Gasteiger partial charge in [-0.05, 0) is 24.3 Å². The van der Waals surface area contributed by atoms with Gasteiger partial charge in [-0.25, -0.2) is 14.3 Å². The molecule has 3 aromatic heterocycles. The van der Waals surface area contributed by atoms with Gasteiger partial charge in [-0.15, -0.1) is 5.10 Å². The maximum atomic E-state index is 12.8. The molecule has 2 unspecified atom stereocenters. The van der Waals surface area contributed by atoms with Crippen LogP contribution in [0.15, 0.2) is 71.8 Å². The van der Waals surface area contributed by atoms with Gasteiger partial charge in [0, 0.05) is 23.8 Å². The summed E-state index contributed by atoms with van der Waals surface area (Å²) < 4.78 is 8.48. The van der Waals surface area contributed by atoms with E-state index in [-0.39, 0.29) is 24.7 Å². The van der Waals surface area contributed by atoms with Crippen LogP contribution in [-0.4, -0.2) is 49.7 Å². The van der Waals surface area contributed by atoms with E-state index in [1.165, 1.54) is 10.7 Å². The number of para-hydroxylation sites is 1. The van der Waals surface area contributed by atoms with Gasteiger partial charge in [0.2, 0.25) is 0 Å². The van der Waals surface area contributed by atoms with E-state index < -0.39 is 12.1 Å². The van der Waals surface area contributed by atoms with Crippen LogP contribution in [0.4, 0.5) is 0 Å². The fourth-order valence-electron chi connectivity index (χ4n) is 3.54. The lowest BCUT2D eigenvalue weighted by Gasteiger charge is -2.20.